The van der Waals surface area contributed by atoms with Crippen molar-refractivity contribution in [1.82, 2.24) is 25.1 Å². The maximum Gasteiger partial charge on any atom is 0.295 e. The van der Waals surface area contributed by atoms with Crippen LogP contribution >= 0.6 is 0 Å². The van der Waals surface area contributed by atoms with E-state index in [0.717, 1.165) is 31.7 Å². The molecule has 0 radical (unpaired) electrons. The SMILES string of the molecule is CN1CCN(c2cccc(NC(=O)c3nnnn3Cc3ccccc3)c2C(N)=O)CC1. The number of nitrogens with one attached hydrogen (secondary N) is 1. The van der Waals surface area contributed by atoms with Gasteiger partial charge in [0.05, 0.1) is 23.5 Å². The first-order valence-electron chi connectivity index (χ1n) is 10.0. The number of nitrogens with zero attached hydrogens (tertiary/aromatic N) is 6. The topological polar surface area (TPSA) is 122 Å². The van der Waals surface area contributed by atoms with Crippen molar-refractivity contribution in [2.24, 2.45) is 5.73 Å². The van der Waals surface area contributed by atoms with Gasteiger partial charge < -0.3 is 20.9 Å². The second-order valence-corrected chi connectivity index (χ2v) is 7.45. The van der Waals surface area contributed by atoms with Crippen molar-refractivity contribution < 1.29 is 9.59 Å². The van der Waals surface area contributed by atoms with E-state index in [2.05, 4.69) is 37.7 Å². The molecule has 1 saturated heterocycles. The van der Waals surface area contributed by atoms with Crippen LogP contribution in [0.2, 0.25) is 0 Å². The number of primary amides is 1. The van der Waals surface area contributed by atoms with Crippen LogP contribution in [0.15, 0.2) is 48.5 Å². The monoisotopic (exact) mass is 420 g/mol. The Labute approximate surface area is 179 Å². The van der Waals surface area contributed by atoms with Gasteiger partial charge in [-0.25, -0.2) is 4.68 Å². The van der Waals surface area contributed by atoms with Crippen molar-refractivity contribution in [3.05, 3.63) is 65.5 Å². The van der Waals surface area contributed by atoms with Crippen LogP contribution < -0.4 is 16.0 Å². The minimum Gasteiger partial charge on any atom is -0.368 e. The number of likely N-dealkylation sites (N-methyl/N-ethyl adjacent to an activating group) is 1. The van der Waals surface area contributed by atoms with Crippen LogP contribution in [0, 0.1) is 0 Å². The van der Waals surface area contributed by atoms with Gasteiger partial charge in [0.1, 0.15) is 0 Å². The number of amides is 2. The van der Waals surface area contributed by atoms with Crippen LogP contribution in [-0.4, -0.2) is 70.1 Å². The molecule has 2 aromatic carbocycles. The Balaban J connectivity index is 1.58. The lowest BCUT2D eigenvalue weighted by molar-refractivity contribution is 0.100. The van der Waals surface area contributed by atoms with E-state index in [0.29, 0.717) is 17.9 Å². The van der Waals surface area contributed by atoms with Crippen molar-refractivity contribution in [3.63, 3.8) is 0 Å². The number of nitrogens with two attached hydrogens (primary N) is 1. The zero-order chi connectivity index (χ0) is 21.8. The summed E-state index contributed by atoms with van der Waals surface area (Å²) in [6.45, 7) is 3.64. The smallest absolute Gasteiger partial charge is 0.295 e. The number of rotatable bonds is 6. The molecule has 31 heavy (non-hydrogen) atoms. The fourth-order valence-electron chi connectivity index (χ4n) is 3.62. The molecule has 4 rings (SSSR count). The summed E-state index contributed by atoms with van der Waals surface area (Å²) in [5.74, 6) is -1.07. The van der Waals surface area contributed by atoms with E-state index in [1.54, 1.807) is 12.1 Å². The molecule has 0 atom stereocenters. The molecule has 1 fully saturated rings. The highest BCUT2D eigenvalue weighted by Crippen LogP contribution is 2.28. The third-order valence-corrected chi connectivity index (χ3v) is 5.29. The van der Waals surface area contributed by atoms with Gasteiger partial charge in [-0.05, 0) is 35.2 Å². The van der Waals surface area contributed by atoms with Gasteiger partial charge in [-0.2, -0.15) is 0 Å². The number of anilines is 2. The van der Waals surface area contributed by atoms with Gasteiger partial charge in [0, 0.05) is 26.2 Å². The summed E-state index contributed by atoms with van der Waals surface area (Å²) in [6, 6.07) is 14.9. The van der Waals surface area contributed by atoms with Gasteiger partial charge >= 0.3 is 0 Å². The Morgan fingerprint density at radius 1 is 1.03 bits per heavy atom. The zero-order valence-electron chi connectivity index (χ0n) is 17.2. The van der Waals surface area contributed by atoms with Gasteiger partial charge in [0.15, 0.2) is 0 Å². The second kappa shape index (κ2) is 8.92. The van der Waals surface area contributed by atoms with Crippen LogP contribution in [0.3, 0.4) is 0 Å². The number of carbonyl (C=O) groups is 2. The average Bonchev–Trinajstić information content (AvgIpc) is 3.23. The van der Waals surface area contributed by atoms with Crippen molar-refractivity contribution in [3.8, 4) is 0 Å². The highest BCUT2D eigenvalue weighted by atomic mass is 16.2. The summed E-state index contributed by atoms with van der Waals surface area (Å²) >= 11 is 0. The Morgan fingerprint density at radius 3 is 2.48 bits per heavy atom. The van der Waals surface area contributed by atoms with Gasteiger partial charge in [0.25, 0.3) is 11.8 Å². The van der Waals surface area contributed by atoms with Crippen LogP contribution in [-0.2, 0) is 6.54 Å². The molecule has 3 aromatic rings. The predicted octanol–water partition coefficient (Wildman–Crippen LogP) is 0.824. The van der Waals surface area contributed by atoms with Crippen LogP contribution in [0.1, 0.15) is 26.5 Å². The zero-order valence-corrected chi connectivity index (χ0v) is 17.2. The van der Waals surface area contributed by atoms with Crippen molar-refractivity contribution in [2.45, 2.75) is 6.54 Å². The molecule has 2 heterocycles. The van der Waals surface area contributed by atoms with Crippen LogP contribution in [0.25, 0.3) is 0 Å². The first kappa shape index (κ1) is 20.5. The number of hydrogen-bond acceptors (Lipinski definition) is 7. The first-order chi connectivity index (χ1) is 15.0. The summed E-state index contributed by atoms with van der Waals surface area (Å²) in [6.07, 6.45) is 0. The molecule has 2 amide bonds. The van der Waals surface area contributed by atoms with Crippen molar-refractivity contribution >= 4 is 23.2 Å². The summed E-state index contributed by atoms with van der Waals surface area (Å²) in [5.41, 5.74) is 7.99. The number of aromatic nitrogens is 4. The largest absolute Gasteiger partial charge is 0.368 e. The highest BCUT2D eigenvalue weighted by molar-refractivity contribution is 6.10. The minimum atomic E-state index is -0.603. The van der Waals surface area contributed by atoms with Gasteiger partial charge in [0.2, 0.25) is 5.82 Å². The number of benzene rings is 2. The lowest BCUT2D eigenvalue weighted by atomic mass is 10.1. The summed E-state index contributed by atoms with van der Waals surface area (Å²) in [5, 5.41) is 14.2. The van der Waals surface area contributed by atoms with E-state index < -0.39 is 11.8 Å². The Morgan fingerprint density at radius 2 is 1.77 bits per heavy atom. The molecule has 0 bridgehead atoms. The van der Waals surface area contributed by atoms with E-state index >= 15 is 0 Å². The molecule has 10 heteroatoms. The lowest BCUT2D eigenvalue weighted by Gasteiger charge is -2.35. The van der Waals surface area contributed by atoms with Crippen LogP contribution in [0.4, 0.5) is 11.4 Å². The predicted molar refractivity (Wildman–Crippen MR) is 116 cm³/mol. The molecular formula is C21H24N8O2. The Hall–Kier alpha value is -3.79. The van der Waals surface area contributed by atoms with Gasteiger partial charge in [-0.1, -0.05) is 36.4 Å². The van der Waals surface area contributed by atoms with Crippen molar-refractivity contribution in [1.29, 1.82) is 0 Å². The Kier molecular flexibility index (Phi) is 5.89. The highest BCUT2D eigenvalue weighted by Gasteiger charge is 2.24. The van der Waals surface area contributed by atoms with E-state index in [1.165, 1.54) is 4.68 Å². The Bertz CT molecular complexity index is 1070. The molecule has 1 aromatic heterocycles. The lowest BCUT2D eigenvalue weighted by Crippen LogP contribution is -2.45. The van der Waals surface area contributed by atoms with E-state index in [-0.39, 0.29) is 11.4 Å². The maximum atomic E-state index is 12.9. The third-order valence-electron chi connectivity index (χ3n) is 5.29. The average molecular weight is 420 g/mol. The van der Waals surface area contributed by atoms with E-state index in [1.807, 2.05) is 36.4 Å². The summed E-state index contributed by atoms with van der Waals surface area (Å²) in [4.78, 5) is 29.6. The number of carbonyl (C=O) groups excluding carboxylic acids is 2. The molecule has 160 valence electrons. The van der Waals surface area contributed by atoms with E-state index in [9.17, 15) is 9.59 Å². The normalized spacial score (nSPS) is 14.4. The fourth-order valence-corrected chi connectivity index (χ4v) is 3.62. The summed E-state index contributed by atoms with van der Waals surface area (Å²) < 4.78 is 1.42. The standard InChI is InChI=1S/C21H24N8O2/c1-27-10-12-28(13-11-27)17-9-5-8-16(18(17)19(22)30)23-21(31)20-24-25-26-29(20)14-15-6-3-2-4-7-15/h2-9H,10-14H2,1H3,(H2,22,30)(H,23,31). The number of tetrazole rings is 1. The third kappa shape index (κ3) is 4.53. The molecule has 3 N–H and O–H groups in total. The number of piperazine rings is 1. The van der Waals surface area contributed by atoms with E-state index in [4.69, 9.17) is 5.73 Å². The fraction of sp³-hybridized carbons (Fsp3) is 0.286. The second-order valence-electron chi connectivity index (χ2n) is 7.45. The molecule has 10 nitrogen and oxygen atoms in total. The molecular weight excluding hydrogens is 396 g/mol. The quantitative estimate of drug-likeness (QED) is 0.605. The van der Waals surface area contributed by atoms with Crippen LogP contribution in [0.5, 0.6) is 0 Å². The number of hydrogen-bond donors (Lipinski definition) is 2. The van der Waals surface area contributed by atoms with Crippen molar-refractivity contribution in [2.75, 3.05) is 43.4 Å². The van der Waals surface area contributed by atoms with Gasteiger partial charge in [-0.15, -0.1) is 5.10 Å². The maximum absolute atomic E-state index is 12.9. The summed E-state index contributed by atoms with van der Waals surface area (Å²) in [7, 11) is 2.06. The molecule has 0 unspecified atom stereocenters. The first-order valence-corrected chi connectivity index (χ1v) is 10.0. The molecule has 0 spiro atoms. The minimum absolute atomic E-state index is 0.0456. The molecule has 1 aliphatic heterocycles. The molecule has 0 saturated carbocycles. The van der Waals surface area contributed by atoms with Gasteiger partial charge in [-0.3, -0.25) is 9.59 Å². The molecule has 1 aliphatic rings. The molecule has 0 aliphatic carbocycles.